The van der Waals surface area contributed by atoms with Crippen LogP contribution < -0.4 is 5.32 Å². The van der Waals surface area contributed by atoms with Gasteiger partial charge in [0.2, 0.25) is 5.91 Å². The fourth-order valence-electron chi connectivity index (χ4n) is 3.12. The quantitative estimate of drug-likeness (QED) is 0.761. The van der Waals surface area contributed by atoms with Crippen LogP contribution in [0.4, 0.5) is 0 Å². The van der Waals surface area contributed by atoms with Crippen LogP contribution in [0.3, 0.4) is 0 Å². The Morgan fingerprint density at radius 2 is 1.83 bits per heavy atom. The van der Waals surface area contributed by atoms with Crippen LogP contribution in [0.2, 0.25) is 0 Å². The largest absolute Gasteiger partial charge is 0.355 e. The number of para-hydroxylation sites is 2. The molecule has 4 heteroatoms. The van der Waals surface area contributed by atoms with Crippen molar-refractivity contribution in [3.8, 4) is 0 Å². The standard InChI is InChI=1S/C19H19N3O/c23-18(19(11-12-19)14-6-2-1-3-7-14)20-13-10-17-21-15-8-4-5-9-16(15)22-17/h1-9H,10-13H2,(H,20,23)(H,21,22). The molecule has 1 aliphatic rings. The Hall–Kier alpha value is -2.62. The topological polar surface area (TPSA) is 57.8 Å². The van der Waals surface area contributed by atoms with Crippen LogP contribution in [0.1, 0.15) is 24.2 Å². The lowest BCUT2D eigenvalue weighted by molar-refractivity contribution is -0.123. The molecule has 0 bridgehead atoms. The molecule has 1 heterocycles. The molecule has 0 unspecified atom stereocenters. The van der Waals surface area contributed by atoms with Gasteiger partial charge in [-0.1, -0.05) is 42.5 Å². The van der Waals surface area contributed by atoms with Gasteiger partial charge in [-0.25, -0.2) is 4.98 Å². The lowest BCUT2D eigenvalue weighted by Crippen LogP contribution is -2.36. The second kappa shape index (κ2) is 5.54. The third-order valence-electron chi connectivity index (χ3n) is 4.60. The number of carbonyl (C=O) groups is 1. The van der Waals surface area contributed by atoms with E-state index in [0.717, 1.165) is 35.3 Å². The minimum atomic E-state index is -0.296. The van der Waals surface area contributed by atoms with Gasteiger partial charge >= 0.3 is 0 Å². The second-order valence-corrected chi connectivity index (χ2v) is 6.15. The maximum Gasteiger partial charge on any atom is 0.230 e. The molecule has 1 amide bonds. The van der Waals surface area contributed by atoms with Crippen molar-refractivity contribution >= 4 is 16.9 Å². The van der Waals surface area contributed by atoms with Crippen molar-refractivity contribution in [3.63, 3.8) is 0 Å². The van der Waals surface area contributed by atoms with Gasteiger partial charge in [0.1, 0.15) is 5.82 Å². The molecule has 0 atom stereocenters. The minimum Gasteiger partial charge on any atom is -0.355 e. The van der Waals surface area contributed by atoms with E-state index in [0.29, 0.717) is 13.0 Å². The molecular formula is C19H19N3O. The van der Waals surface area contributed by atoms with Gasteiger partial charge in [0, 0.05) is 13.0 Å². The van der Waals surface area contributed by atoms with Crippen LogP contribution in [-0.2, 0) is 16.6 Å². The van der Waals surface area contributed by atoms with E-state index in [-0.39, 0.29) is 11.3 Å². The molecule has 1 fully saturated rings. The van der Waals surface area contributed by atoms with Gasteiger partial charge in [0.25, 0.3) is 0 Å². The van der Waals surface area contributed by atoms with E-state index in [4.69, 9.17) is 0 Å². The molecule has 0 spiro atoms. The summed E-state index contributed by atoms with van der Waals surface area (Å²) in [6.45, 7) is 0.604. The zero-order chi connectivity index (χ0) is 15.7. The molecule has 116 valence electrons. The summed E-state index contributed by atoms with van der Waals surface area (Å²) in [4.78, 5) is 20.4. The first-order valence-electron chi connectivity index (χ1n) is 8.05. The molecule has 4 nitrogen and oxygen atoms in total. The number of carbonyl (C=O) groups excluding carboxylic acids is 1. The first kappa shape index (κ1) is 14.0. The lowest BCUT2D eigenvalue weighted by Gasteiger charge is -2.15. The van der Waals surface area contributed by atoms with Crippen molar-refractivity contribution in [2.24, 2.45) is 0 Å². The molecule has 0 saturated heterocycles. The number of aromatic amines is 1. The van der Waals surface area contributed by atoms with Crippen molar-refractivity contribution in [2.75, 3.05) is 6.54 Å². The summed E-state index contributed by atoms with van der Waals surface area (Å²) in [5.41, 5.74) is 2.84. The Morgan fingerprint density at radius 1 is 1.09 bits per heavy atom. The Kier molecular flexibility index (Phi) is 3.37. The number of H-pyrrole nitrogens is 1. The van der Waals surface area contributed by atoms with Gasteiger partial charge < -0.3 is 10.3 Å². The monoisotopic (exact) mass is 305 g/mol. The smallest absolute Gasteiger partial charge is 0.230 e. The zero-order valence-corrected chi connectivity index (χ0v) is 12.9. The lowest BCUT2D eigenvalue weighted by atomic mass is 9.95. The predicted octanol–water partition coefficient (Wildman–Crippen LogP) is 2.95. The number of amides is 1. The fraction of sp³-hybridized carbons (Fsp3) is 0.263. The molecule has 1 aromatic heterocycles. The van der Waals surface area contributed by atoms with Gasteiger partial charge in [-0.2, -0.15) is 0 Å². The van der Waals surface area contributed by atoms with Crippen LogP contribution in [0, 0.1) is 0 Å². The molecule has 1 aliphatic carbocycles. The van der Waals surface area contributed by atoms with E-state index < -0.39 is 0 Å². The van der Waals surface area contributed by atoms with Crippen LogP contribution in [0.15, 0.2) is 54.6 Å². The number of benzene rings is 2. The SMILES string of the molecule is O=C(NCCc1nc2ccccc2[nH]1)C1(c2ccccc2)CC1. The summed E-state index contributed by atoms with van der Waals surface area (Å²) < 4.78 is 0. The van der Waals surface area contributed by atoms with Crippen LogP contribution in [0.25, 0.3) is 11.0 Å². The first-order valence-corrected chi connectivity index (χ1v) is 8.05. The molecule has 2 aromatic carbocycles. The van der Waals surface area contributed by atoms with E-state index in [1.165, 1.54) is 0 Å². The average Bonchev–Trinajstić information content (AvgIpc) is 3.30. The third kappa shape index (κ3) is 2.61. The van der Waals surface area contributed by atoms with Crippen molar-refractivity contribution in [3.05, 3.63) is 66.0 Å². The maximum atomic E-state index is 12.5. The number of nitrogens with one attached hydrogen (secondary N) is 2. The summed E-state index contributed by atoms with van der Waals surface area (Å²) in [5, 5.41) is 3.08. The van der Waals surface area contributed by atoms with Gasteiger partial charge in [-0.3, -0.25) is 4.79 Å². The minimum absolute atomic E-state index is 0.139. The fourth-order valence-corrected chi connectivity index (χ4v) is 3.12. The second-order valence-electron chi connectivity index (χ2n) is 6.15. The Labute approximate surface area is 134 Å². The molecule has 4 rings (SSSR count). The highest BCUT2D eigenvalue weighted by Crippen LogP contribution is 2.48. The average molecular weight is 305 g/mol. The maximum absolute atomic E-state index is 12.5. The zero-order valence-electron chi connectivity index (χ0n) is 12.9. The number of nitrogens with zero attached hydrogens (tertiary/aromatic N) is 1. The number of fused-ring (bicyclic) bond motifs is 1. The van der Waals surface area contributed by atoms with Crippen LogP contribution >= 0.6 is 0 Å². The van der Waals surface area contributed by atoms with Crippen molar-refractivity contribution in [1.29, 1.82) is 0 Å². The highest BCUT2D eigenvalue weighted by atomic mass is 16.2. The summed E-state index contributed by atoms with van der Waals surface area (Å²) in [6.07, 6.45) is 2.59. The molecule has 0 radical (unpaired) electrons. The van der Waals surface area contributed by atoms with Crippen LogP contribution in [0.5, 0.6) is 0 Å². The van der Waals surface area contributed by atoms with E-state index in [9.17, 15) is 4.79 Å². The highest BCUT2D eigenvalue weighted by Gasteiger charge is 2.50. The molecule has 23 heavy (non-hydrogen) atoms. The number of aromatic nitrogens is 2. The summed E-state index contributed by atoms with van der Waals surface area (Å²) >= 11 is 0. The summed E-state index contributed by atoms with van der Waals surface area (Å²) in [5.74, 6) is 1.05. The first-order chi connectivity index (χ1) is 11.3. The Balaban J connectivity index is 1.39. The van der Waals surface area contributed by atoms with E-state index in [1.807, 2.05) is 54.6 Å². The summed E-state index contributed by atoms with van der Waals surface area (Å²) in [6, 6.07) is 18.0. The Morgan fingerprint density at radius 3 is 2.57 bits per heavy atom. The van der Waals surface area contributed by atoms with Gasteiger partial charge in [-0.15, -0.1) is 0 Å². The third-order valence-corrected chi connectivity index (χ3v) is 4.60. The van der Waals surface area contributed by atoms with E-state index >= 15 is 0 Å². The number of hydrogen-bond acceptors (Lipinski definition) is 2. The highest BCUT2D eigenvalue weighted by molar-refractivity contribution is 5.91. The van der Waals surface area contributed by atoms with Crippen molar-refractivity contribution in [1.82, 2.24) is 15.3 Å². The number of hydrogen-bond donors (Lipinski definition) is 2. The molecule has 1 saturated carbocycles. The van der Waals surface area contributed by atoms with Gasteiger partial charge in [-0.05, 0) is 30.5 Å². The molecular weight excluding hydrogens is 286 g/mol. The summed E-state index contributed by atoms with van der Waals surface area (Å²) in [7, 11) is 0. The molecule has 3 aromatic rings. The normalized spacial score (nSPS) is 15.5. The van der Waals surface area contributed by atoms with Gasteiger partial charge in [0.05, 0.1) is 16.4 Å². The number of imidazole rings is 1. The van der Waals surface area contributed by atoms with Gasteiger partial charge in [0.15, 0.2) is 0 Å². The predicted molar refractivity (Wildman–Crippen MR) is 90.2 cm³/mol. The van der Waals surface area contributed by atoms with E-state index in [2.05, 4.69) is 15.3 Å². The molecule has 2 N–H and O–H groups in total. The van der Waals surface area contributed by atoms with Crippen molar-refractivity contribution < 1.29 is 4.79 Å². The number of rotatable bonds is 5. The van der Waals surface area contributed by atoms with Crippen molar-refractivity contribution in [2.45, 2.75) is 24.7 Å². The van der Waals surface area contributed by atoms with E-state index in [1.54, 1.807) is 0 Å². The molecule has 0 aliphatic heterocycles. The Bertz CT molecular complexity index is 801. The van der Waals surface area contributed by atoms with Crippen LogP contribution in [-0.4, -0.2) is 22.4 Å².